The van der Waals surface area contributed by atoms with Crippen molar-refractivity contribution in [2.24, 2.45) is 5.92 Å². The van der Waals surface area contributed by atoms with Crippen LogP contribution in [0.1, 0.15) is 32.6 Å². The monoisotopic (exact) mass is 378 g/mol. The Hall–Kier alpha value is -0.660. The maximum atomic E-state index is 13.4. The average Bonchev–Trinajstić information content (AvgIpc) is 2.42. The summed E-state index contributed by atoms with van der Waals surface area (Å²) in [6.07, 6.45) is 4.04. The van der Waals surface area contributed by atoms with E-state index in [1.807, 2.05) is 0 Å². The van der Waals surface area contributed by atoms with Gasteiger partial charge in [0, 0.05) is 17.6 Å². The van der Waals surface area contributed by atoms with Gasteiger partial charge in [-0.1, -0.05) is 19.8 Å². The molecule has 0 amide bonds. The molecule has 7 heteroatoms. The summed E-state index contributed by atoms with van der Waals surface area (Å²) in [4.78, 5) is 0.0154. The summed E-state index contributed by atoms with van der Waals surface area (Å²) in [5.41, 5.74) is 5.35. The number of anilines is 1. The molecule has 0 aromatic heterocycles. The lowest BCUT2D eigenvalue weighted by molar-refractivity contribution is 0.213. The van der Waals surface area contributed by atoms with Gasteiger partial charge in [0.2, 0.25) is 10.0 Å². The van der Waals surface area contributed by atoms with Gasteiger partial charge in [-0.15, -0.1) is 0 Å². The zero-order chi connectivity index (χ0) is 15.8. The Kier molecular flexibility index (Phi) is 4.95. The minimum atomic E-state index is -3.70. The first kappa shape index (κ1) is 16.7. The highest BCUT2D eigenvalue weighted by Crippen LogP contribution is 2.34. The lowest BCUT2D eigenvalue weighted by atomic mass is 9.86. The molecule has 1 fully saturated rings. The van der Waals surface area contributed by atoms with Crippen LogP contribution in [-0.4, -0.2) is 25.8 Å². The van der Waals surface area contributed by atoms with Crippen LogP contribution in [-0.2, 0) is 10.0 Å². The van der Waals surface area contributed by atoms with Gasteiger partial charge < -0.3 is 5.73 Å². The van der Waals surface area contributed by atoms with E-state index >= 15 is 0 Å². The van der Waals surface area contributed by atoms with Gasteiger partial charge in [0.05, 0.1) is 10.6 Å². The lowest BCUT2D eigenvalue weighted by Gasteiger charge is -2.35. The van der Waals surface area contributed by atoms with Crippen molar-refractivity contribution in [3.63, 3.8) is 0 Å². The molecule has 0 bridgehead atoms. The first-order valence-electron chi connectivity index (χ1n) is 6.97. The Bertz CT molecular complexity index is 636. The van der Waals surface area contributed by atoms with E-state index in [0.29, 0.717) is 5.92 Å². The summed E-state index contributed by atoms with van der Waals surface area (Å²) in [7, 11) is -2.11. The number of hydrogen-bond acceptors (Lipinski definition) is 3. The van der Waals surface area contributed by atoms with Crippen LogP contribution in [0.25, 0.3) is 0 Å². The summed E-state index contributed by atoms with van der Waals surface area (Å²) >= 11 is 3.12. The minimum Gasteiger partial charge on any atom is -0.396 e. The third-order valence-corrected chi connectivity index (χ3v) is 7.08. The zero-order valence-electron chi connectivity index (χ0n) is 12.1. The molecule has 2 unspecified atom stereocenters. The molecule has 1 aliphatic rings. The highest BCUT2D eigenvalue weighted by atomic mass is 79.9. The number of nitrogen functional groups attached to an aromatic ring is 1. The summed E-state index contributed by atoms with van der Waals surface area (Å²) < 4.78 is 40.6. The smallest absolute Gasteiger partial charge is 0.244 e. The largest absolute Gasteiger partial charge is 0.396 e. The van der Waals surface area contributed by atoms with Crippen LogP contribution in [0.3, 0.4) is 0 Å². The van der Waals surface area contributed by atoms with Crippen LogP contribution in [0.15, 0.2) is 21.5 Å². The Morgan fingerprint density at radius 2 is 1.95 bits per heavy atom. The van der Waals surface area contributed by atoms with E-state index in [1.54, 1.807) is 7.05 Å². The van der Waals surface area contributed by atoms with Crippen molar-refractivity contribution in [3.05, 3.63) is 22.4 Å². The maximum Gasteiger partial charge on any atom is 0.244 e. The molecule has 118 valence electrons. The van der Waals surface area contributed by atoms with Gasteiger partial charge in [0.25, 0.3) is 0 Å². The number of sulfonamides is 1. The second-order valence-corrected chi connectivity index (χ2v) is 8.47. The number of benzene rings is 1. The van der Waals surface area contributed by atoms with Crippen LogP contribution >= 0.6 is 15.9 Å². The normalized spacial score (nSPS) is 23.5. The Morgan fingerprint density at radius 3 is 2.57 bits per heavy atom. The highest BCUT2D eigenvalue weighted by molar-refractivity contribution is 9.10. The molecule has 2 atom stereocenters. The van der Waals surface area contributed by atoms with Gasteiger partial charge in [0.1, 0.15) is 5.82 Å². The molecule has 2 rings (SSSR count). The molecule has 0 aliphatic heterocycles. The van der Waals surface area contributed by atoms with Crippen molar-refractivity contribution in [1.82, 2.24) is 4.31 Å². The zero-order valence-corrected chi connectivity index (χ0v) is 14.5. The van der Waals surface area contributed by atoms with Crippen molar-refractivity contribution in [2.75, 3.05) is 12.8 Å². The number of halogens is 2. The van der Waals surface area contributed by atoms with Crippen molar-refractivity contribution in [1.29, 1.82) is 0 Å². The van der Waals surface area contributed by atoms with E-state index in [4.69, 9.17) is 5.73 Å². The van der Waals surface area contributed by atoms with Crippen molar-refractivity contribution in [2.45, 2.75) is 43.5 Å². The first-order valence-corrected chi connectivity index (χ1v) is 9.21. The molecule has 21 heavy (non-hydrogen) atoms. The van der Waals surface area contributed by atoms with Crippen molar-refractivity contribution in [3.8, 4) is 0 Å². The fourth-order valence-corrected chi connectivity index (χ4v) is 5.40. The van der Waals surface area contributed by atoms with E-state index < -0.39 is 15.8 Å². The number of rotatable bonds is 3. The van der Waals surface area contributed by atoms with Crippen molar-refractivity contribution >= 4 is 31.6 Å². The van der Waals surface area contributed by atoms with Gasteiger partial charge >= 0.3 is 0 Å². The number of nitrogens with zero attached hydrogens (tertiary/aromatic N) is 1. The van der Waals surface area contributed by atoms with E-state index in [0.717, 1.165) is 31.7 Å². The Morgan fingerprint density at radius 1 is 1.33 bits per heavy atom. The Balaban J connectivity index is 2.39. The first-order chi connectivity index (χ1) is 9.75. The fraction of sp³-hybridized carbons (Fsp3) is 0.571. The van der Waals surface area contributed by atoms with Crippen LogP contribution in [0.2, 0.25) is 0 Å². The summed E-state index contributed by atoms with van der Waals surface area (Å²) in [5.74, 6) is -0.315. The van der Waals surface area contributed by atoms with E-state index in [2.05, 4.69) is 22.9 Å². The molecule has 0 spiro atoms. The van der Waals surface area contributed by atoms with Crippen LogP contribution in [0.5, 0.6) is 0 Å². The Labute approximate surface area is 133 Å². The number of hydrogen-bond donors (Lipinski definition) is 1. The number of nitrogens with two attached hydrogens (primary N) is 1. The average molecular weight is 379 g/mol. The predicted molar refractivity (Wildman–Crippen MR) is 84.9 cm³/mol. The summed E-state index contributed by atoms with van der Waals surface area (Å²) in [5, 5.41) is 0. The second kappa shape index (κ2) is 6.22. The molecule has 1 aromatic rings. The van der Waals surface area contributed by atoms with Gasteiger partial charge in [-0.2, -0.15) is 4.31 Å². The molecule has 1 saturated carbocycles. The molecule has 1 aromatic carbocycles. The van der Waals surface area contributed by atoms with E-state index in [1.165, 1.54) is 10.4 Å². The molecular formula is C14H20BrFN2O2S. The molecule has 2 N–H and O–H groups in total. The molecule has 4 nitrogen and oxygen atoms in total. The molecule has 0 radical (unpaired) electrons. The van der Waals surface area contributed by atoms with E-state index in [-0.39, 0.29) is 21.1 Å². The highest BCUT2D eigenvalue weighted by Gasteiger charge is 2.34. The summed E-state index contributed by atoms with van der Waals surface area (Å²) in [6.45, 7) is 2.07. The van der Waals surface area contributed by atoms with Crippen LogP contribution < -0.4 is 5.73 Å². The van der Waals surface area contributed by atoms with Gasteiger partial charge in [-0.3, -0.25) is 0 Å². The standard InChI is InChI=1S/C14H20BrFN2O2S/c1-9-5-3-4-6-13(9)18(2)21(19,20)14-8-12(17)11(16)7-10(14)15/h7-9,13H,3-6,17H2,1-2H3. The van der Waals surface area contributed by atoms with E-state index in [9.17, 15) is 12.8 Å². The van der Waals surface area contributed by atoms with Gasteiger partial charge in [-0.05, 0) is 46.8 Å². The quantitative estimate of drug-likeness (QED) is 0.819. The lowest BCUT2D eigenvalue weighted by Crippen LogP contribution is -2.42. The molecule has 1 aliphatic carbocycles. The second-order valence-electron chi connectivity index (χ2n) is 5.65. The minimum absolute atomic E-state index is 0.0154. The summed E-state index contributed by atoms with van der Waals surface area (Å²) in [6, 6.07) is 2.25. The van der Waals surface area contributed by atoms with Crippen molar-refractivity contribution < 1.29 is 12.8 Å². The maximum absolute atomic E-state index is 13.4. The third-order valence-electron chi connectivity index (χ3n) is 4.24. The van der Waals surface area contributed by atoms with Crippen LogP contribution in [0, 0.1) is 11.7 Å². The third kappa shape index (κ3) is 3.24. The van der Waals surface area contributed by atoms with Gasteiger partial charge in [0.15, 0.2) is 0 Å². The van der Waals surface area contributed by atoms with Crippen LogP contribution in [0.4, 0.5) is 10.1 Å². The predicted octanol–water partition coefficient (Wildman–Crippen LogP) is 3.37. The molecule has 0 heterocycles. The molecular weight excluding hydrogens is 359 g/mol. The topological polar surface area (TPSA) is 63.4 Å². The SMILES string of the molecule is CC1CCCCC1N(C)S(=O)(=O)c1cc(N)c(F)cc1Br. The van der Waals surface area contributed by atoms with Gasteiger partial charge in [-0.25, -0.2) is 12.8 Å². The fourth-order valence-electron chi connectivity index (χ4n) is 2.91. The molecule has 0 saturated heterocycles.